The Kier molecular flexibility index (Phi) is 5.61. The maximum Gasteiger partial charge on any atom is 0.226 e. The molecule has 1 N–H and O–H groups in total. The summed E-state index contributed by atoms with van der Waals surface area (Å²) < 4.78 is 5.45. The van der Waals surface area contributed by atoms with E-state index in [0.717, 1.165) is 19.3 Å². The van der Waals surface area contributed by atoms with Crippen LogP contribution in [0.15, 0.2) is 12.3 Å². The van der Waals surface area contributed by atoms with Crippen molar-refractivity contribution in [2.45, 2.75) is 46.1 Å². The fourth-order valence-electron chi connectivity index (χ4n) is 1.37. The zero-order valence-electron chi connectivity index (χ0n) is 10.4. The molecule has 0 saturated carbocycles. The van der Waals surface area contributed by atoms with Gasteiger partial charge in [0.15, 0.2) is 0 Å². The summed E-state index contributed by atoms with van der Waals surface area (Å²) in [6, 6.07) is 2.22. The van der Waals surface area contributed by atoms with Gasteiger partial charge in [-0.2, -0.15) is 4.98 Å². The molecule has 0 aliphatic carbocycles. The Bertz CT molecular complexity index is 300. The molecule has 0 unspecified atom stereocenters. The van der Waals surface area contributed by atoms with Crippen molar-refractivity contribution in [2.24, 2.45) is 0 Å². The number of aromatic nitrogens is 2. The lowest BCUT2D eigenvalue weighted by Crippen LogP contribution is -2.18. The summed E-state index contributed by atoms with van der Waals surface area (Å²) in [4.78, 5) is 8.48. The third-order valence-electron chi connectivity index (χ3n) is 2.40. The number of nitrogens with zero attached hydrogens (tertiary/aromatic N) is 2. The lowest BCUT2D eigenvalue weighted by Gasteiger charge is -2.14. The van der Waals surface area contributed by atoms with Gasteiger partial charge in [0, 0.05) is 18.3 Å². The summed E-state index contributed by atoms with van der Waals surface area (Å²) >= 11 is 0. The Morgan fingerprint density at radius 2 is 2.06 bits per heavy atom. The van der Waals surface area contributed by atoms with Crippen LogP contribution in [0.3, 0.4) is 0 Å². The lowest BCUT2D eigenvalue weighted by molar-refractivity contribution is 0.305. The first-order valence-corrected chi connectivity index (χ1v) is 6.02. The average Bonchev–Trinajstić information content (AvgIpc) is 2.34. The largest absolute Gasteiger partial charge is 0.478 e. The minimum atomic E-state index is 0.432. The highest BCUT2D eigenvalue weighted by atomic mass is 16.5. The normalized spacial score (nSPS) is 10.5. The summed E-state index contributed by atoms with van der Waals surface area (Å²) in [6.07, 6.45) is 4.85. The molecule has 0 aromatic carbocycles. The van der Waals surface area contributed by atoms with Crippen molar-refractivity contribution in [3.05, 3.63) is 12.3 Å². The monoisotopic (exact) mass is 223 g/mol. The number of hydrogen-bond acceptors (Lipinski definition) is 4. The van der Waals surface area contributed by atoms with E-state index in [4.69, 9.17) is 4.74 Å². The van der Waals surface area contributed by atoms with Crippen LogP contribution < -0.4 is 10.1 Å². The second-order valence-corrected chi connectivity index (χ2v) is 3.72. The van der Waals surface area contributed by atoms with Gasteiger partial charge in [-0.25, -0.2) is 4.98 Å². The topological polar surface area (TPSA) is 47.0 Å². The Hall–Kier alpha value is -1.32. The Balaban J connectivity index is 2.59. The van der Waals surface area contributed by atoms with Gasteiger partial charge in [-0.1, -0.05) is 20.8 Å². The van der Waals surface area contributed by atoms with Crippen molar-refractivity contribution >= 4 is 5.95 Å². The van der Waals surface area contributed by atoms with E-state index in [1.54, 1.807) is 12.3 Å². The molecule has 0 bridgehead atoms. The molecule has 0 saturated heterocycles. The predicted molar refractivity (Wildman–Crippen MR) is 65.8 cm³/mol. The highest BCUT2D eigenvalue weighted by molar-refractivity contribution is 5.28. The van der Waals surface area contributed by atoms with Gasteiger partial charge in [0.25, 0.3) is 0 Å². The Morgan fingerprint density at radius 3 is 2.69 bits per heavy atom. The van der Waals surface area contributed by atoms with E-state index in [2.05, 4.69) is 36.1 Å². The fourth-order valence-corrected chi connectivity index (χ4v) is 1.37. The molecule has 1 aromatic heterocycles. The van der Waals surface area contributed by atoms with Gasteiger partial charge >= 0.3 is 0 Å². The Morgan fingerprint density at radius 1 is 1.31 bits per heavy atom. The van der Waals surface area contributed by atoms with Crippen molar-refractivity contribution in [1.29, 1.82) is 0 Å². The highest BCUT2D eigenvalue weighted by Crippen LogP contribution is 2.11. The zero-order valence-corrected chi connectivity index (χ0v) is 10.4. The summed E-state index contributed by atoms with van der Waals surface area (Å²) in [5.41, 5.74) is 0. The van der Waals surface area contributed by atoms with Crippen LogP contribution in [0.5, 0.6) is 5.88 Å². The van der Waals surface area contributed by atoms with Gasteiger partial charge in [0.1, 0.15) is 0 Å². The van der Waals surface area contributed by atoms with Gasteiger partial charge in [0.2, 0.25) is 11.8 Å². The van der Waals surface area contributed by atoms with Gasteiger partial charge in [-0.05, 0) is 19.3 Å². The molecule has 1 aromatic rings. The number of rotatable bonds is 7. The Labute approximate surface area is 97.5 Å². The quantitative estimate of drug-likeness (QED) is 0.772. The summed E-state index contributed by atoms with van der Waals surface area (Å²) in [5.74, 6) is 1.30. The molecule has 4 heteroatoms. The summed E-state index contributed by atoms with van der Waals surface area (Å²) in [5, 5.41) is 3.29. The van der Waals surface area contributed by atoms with Crippen LogP contribution in [-0.2, 0) is 0 Å². The molecule has 0 aliphatic heterocycles. The van der Waals surface area contributed by atoms with E-state index in [1.165, 1.54) is 0 Å². The molecule has 90 valence electrons. The fraction of sp³-hybridized carbons (Fsp3) is 0.667. The minimum Gasteiger partial charge on any atom is -0.478 e. The second-order valence-electron chi connectivity index (χ2n) is 3.72. The van der Waals surface area contributed by atoms with Crippen molar-refractivity contribution in [2.75, 3.05) is 11.9 Å². The van der Waals surface area contributed by atoms with Crippen molar-refractivity contribution < 1.29 is 4.74 Å². The third kappa shape index (κ3) is 4.04. The van der Waals surface area contributed by atoms with E-state index >= 15 is 0 Å². The summed E-state index contributed by atoms with van der Waals surface area (Å²) in [6.45, 7) is 7.07. The van der Waals surface area contributed by atoms with Crippen LogP contribution in [0.25, 0.3) is 0 Å². The van der Waals surface area contributed by atoms with Gasteiger partial charge in [-0.3, -0.25) is 0 Å². The second kappa shape index (κ2) is 7.04. The molecule has 0 radical (unpaired) electrons. The van der Waals surface area contributed by atoms with Gasteiger partial charge in [-0.15, -0.1) is 0 Å². The van der Waals surface area contributed by atoms with Gasteiger partial charge in [0.05, 0.1) is 6.61 Å². The van der Waals surface area contributed by atoms with Crippen LogP contribution in [0.4, 0.5) is 5.95 Å². The smallest absolute Gasteiger partial charge is 0.226 e. The number of anilines is 1. The van der Waals surface area contributed by atoms with E-state index in [9.17, 15) is 0 Å². The van der Waals surface area contributed by atoms with Gasteiger partial charge < -0.3 is 10.1 Å². The van der Waals surface area contributed by atoms with E-state index in [1.807, 2.05) is 0 Å². The van der Waals surface area contributed by atoms with Crippen molar-refractivity contribution in [1.82, 2.24) is 9.97 Å². The van der Waals surface area contributed by atoms with Crippen LogP contribution in [-0.4, -0.2) is 22.6 Å². The predicted octanol–water partition coefficient (Wildman–Crippen LogP) is 2.87. The molecule has 4 nitrogen and oxygen atoms in total. The van der Waals surface area contributed by atoms with Crippen molar-refractivity contribution in [3.63, 3.8) is 0 Å². The van der Waals surface area contributed by atoms with Crippen LogP contribution >= 0.6 is 0 Å². The molecule has 0 amide bonds. The molecular formula is C12H21N3O. The standard InChI is InChI=1S/C12H21N3O/c1-4-9-16-11-7-8-13-12(15-11)14-10(5-2)6-3/h7-8,10H,4-6,9H2,1-3H3,(H,13,14,15). The molecule has 1 rings (SSSR count). The van der Waals surface area contributed by atoms with E-state index in [-0.39, 0.29) is 0 Å². The third-order valence-corrected chi connectivity index (χ3v) is 2.40. The molecular weight excluding hydrogens is 202 g/mol. The lowest BCUT2D eigenvalue weighted by atomic mass is 10.2. The minimum absolute atomic E-state index is 0.432. The first-order valence-electron chi connectivity index (χ1n) is 6.02. The molecule has 0 fully saturated rings. The first-order chi connectivity index (χ1) is 7.80. The van der Waals surface area contributed by atoms with Crippen LogP contribution in [0, 0.1) is 0 Å². The molecule has 1 heterocycles. The number of hydrogen-bond donors (Lipinski definition) is 1. The average molecular weight is 223 g/mol. The molecule has 0 aliphatic rings. The van der Waals surface area contributed by atoms with Crippen molar-refractivity contribution in [3.8, 4) is 5.88 Å². The molecule has 0 spiro atoms. The van der Waals surface area contributed by atoms with E-state index < -0.39 is 0 Å². The molecule has 0 atom stereocenters. The SMILES string of the molecule is CCCOc1ccnc(NC(CC)CC)n1. The first kappa shape index (κ1) is 12.7. The maximum absolute atomic E-state index is 5.45. The molecule has 16 heavy (non-hydrogen) atoms. The highest BCUT2D eigenvalue weighted by Gasteiger charge is 2.05. The zero-order chi connectivity index (χ0) is 11.8. The number of ether oxygens (including phenoxy) is 1. The summed E-state index contributed by atoms with van der Waals surface area (Å²) in [7, 11) is 0. The maximum atomic E-state index is 5.45. The van der Waals surface area contributed by atoms with E-state index in [0.29, 0.717) is 24.5 Å². The van der Waals surface area contributed by atoms with Crippen LogP contribution in [0.2, 0.25) is 0 Å². The number of nitrogens with one attached hydrogen (secondary N) is 1. The van der Waals surface area contributed by atoms with Crippen LogP contribution in [0.1, 0.15) is 40.0 Å².